The maximum absolute atomic E-state index is 12.5. The molecule has 0 spiro atoms. The molecule has 0 fully saturated rings. The van der Waals surface area contributed by atoms with Gasteiger partial charge in [-0.05, 0) is 0 Å². The number of nitrogens with two attached hydrogens (primary N) is 1. The monoisotopic (exact) mass is 451 g/mol. The van der Waals surface area contributed by atoms with E-state index >= 15 is 0 Å². The van der Waals surface area contributed by atoms with Gasteiger partial charge in [0.2, 0.25) is 5.95 Å². The van der Waals surface area contributed by atoms with Gasteiger partial charge in [0.25, 0.3) is 5.56 Å². The summed E-state index contributed by atoms with van der Waals surface area (Å²) in [6.45, 7) is 0.329. The van der Waals surface area contributed by atoms with Gasteiger partial charge >= 0.3 is 0 Å². The Bertz CT molecular complexity index is 656. The van der Waals surface area contributed by atoms with Crippen molar-refractivity contribution in [1.82, 2.24) is 9.55 Å². The number of halogens is 1. The third-order valence-corrected chi connectivity index (χ3v) is 3.64. The molecule has 134 valence electrons. The SMILES string of the molecule is C#CCCN1CN(COC(CO)CO)c2nc(N)n(C)c(=O)c21.I. The van der Waals surface area contributed by atoms with Gasteiger partial charge in [0.05, 0.1) is 19.9 Å². The topological polar surface area (TPSA) is 117 Å². The van der Waals surface area contributed by atoms with Crippen molar-refractivity contribution in [3.63, 3.8) is 0 Å². The predicted octanol–water partition coefficient (Wildman–Crippen LogP) is -1.08. The minimum Gasteiger partial charge on any atom is -0.394 e. The lowest BCUT2D eigenvalue weighted by Crippen LogP contribution is -2.36. The number of aliphatic hydroxyl groups excluding tert-OH is 2. The van der Waals surface area contributed by atoms with Crippen molar-refractivity contribution >= 4 is 41.4 Å². The summed E-state index contributed by atoms with van der Waals surface area (Å²) in [6.07, 6.45) is 5.09. The van der Waals surface area contributed by atoms with Gasteiger partial charge in [-0.15, -0.1) is 36.3 Å². The summed E-state index contributed by atoms with van der Waals surface area (Å²) in [5, 5.41) is 18.1. The molecule has 0 aromatic carbocycles. The highest BCUT2D eigenvalue weighted by molar-refractivity contribution is 14.0. The second-order valence-corrected chi connectivity index (χ2v) is 5.19. The molecule has 2 heterocycles. The molecule has 4 N–H and O–H groups in total. The Morgan fingerprint density at radius 3 is 2.67 bits per heavy atom. The minimum atomic E-state index is -0.692. The first-order valence-electron chi connectivity index (χ1n) is 7.16. The van der Waals surface area contributed by atoms with Crippen molar-refractivity contribution in [3.05, 3.63) is 10.4 Å². The van der Waals surface area contributed by atoms with E-state index in [2.05, 4.69) is 10.9 Å². The van der Waals surface area contributed by atoms with Crippen LogP contribution in [0.15, 0.2) is 4.79 Å². The molecule has 1 aromatic rings. The van der Waals surface area contributed by atoms with E-state index in [9.17, 15) is 4.79 Å². The van der Waals surface area contributed by atoms with E-state index in [0.717, 1.165) is 0 Å². The molecule has 0 radical (unpaired) electrons. The average molecular weight is 451 g/mol. The van der Waals surface area contributed by atoms with Crippen LogP contribution in [0.5, 0.6) is 0 Å². The lowest BCUT2D eigenvalue weighted by molar-refractivity contribution is -0.0188. The van der Waals surface area contributed by atoms with E-state index in [0.29, 0.717) is 31.1 Å². The molecule has 0 aliphatic carbocycles. The number of anilines is 3. The molecular weight excluding hydrogens is 429 g/mol. The van der Waals surface area contributed by atoms with Gasteiger partial charge in [-0.3, -0.25) is 9.36 Å². The number of fused-ring (bicyclic) bond motifs is 1. The van der Waals surface area contributed by atoms with Crippen LogP contribution >= 0.6 is 24.0 Å². The first-order valence-corrected chi connectivity index (χ1v) is 7.16. The molecule has 1 aliphatic heterocycles. The summed E-state index contributed by atoms with van der Waals surface area (Å²) in [6, 6.07) is 0. The lowest BCUT2D eigenvalue weighted by atomic mass is 10.3. The summed E-state index contributed by atoms with van der Waals surface area (Å²) in [4.78, 5) is 20.2. The molecule has 24 heavy (non-hydrogen) atoms. The van der Waals surface area contributed by atoms with Crippen molar-refractivity contribution < 1.29 is 14.9 Å². The zero-order chi connectivity index (χ0) is 17.0. The van der Waals surface area contributed by atoms with Gasteiger partial charge in [0.1, 0.15) is 18.5 Å². The summed E-state index contributed by atoms with van der Waals surface area (Å²) in [5.41, 5.74) is 5.93. The third kappa shape index (κ3) is 4.10. The quantitative estimate of drug-likeness (QED) is 0.354. The van der Waals surface area contributed by atoms with Crippen molar-refractivity contribution in [1.29, 1.82) is 0 Å². The largest absolute Gasteiger partial charge is 0.394 e. The molecule has 9 nitrogen and oxygen atoms in total. The first-order chi connectivity index (χ1) is 11.0. The first kappa shape index (κ1) is 20.5. The number of hydrogen-bond donors (Lipinski definition) is 3. The van der Waals surface area contributed by atoms with Crippen LogP contribution in [0.4, 0.5) is 17.5 Å². The van der Waals surface area contributed by atoms with E-state index in [-0.39, 0.29) is 55.4 Å². The van der Waals surface area contributed by atoms with Crippen LogP contribution in [0.2, 0.25) is 0 Å². The standard InChI is InChI=1S/C14H21N5O4.HI/c1-3-4-5-18-8-19(9-23-10(6-20)7-21)12-11(18)13(22)17(2)14(15)16-12;/h1,10,20-21H,4-9H2,2H3,(H2,15,16);1H. The summed E-state index contributed by atoms with van der Waals surface area (Å²) in [7, 11) is 1.55. The van der Waals surface area contributed by atoms with E-state index in [4.69, 9.17) is 27.1 Å². The fourth-order valence-electron chi connectivity index (χ4n) is 2.28. The van der Waals surface area contributed by atoms with E-state index < -0.39 is 6.10 Å². The number of nitrogen functional groups attached to an aromatic ring is 1. The fourth-order valence-corrected chi connectivity index (χ4v) is 2.28. The number of hydrogen-bond acceptors (Lipinski definition) is 8. The molecule has 0 unspecified atom stereocenters. The average Bonchev–Trinajstić information content (AvgIpc) is 2.89. The van der Waals surface area contributed by atoms with Gasteiger partial charge in [-0.25, -0.2) is 0 Å². The molecule has 0 saturated heterocycles. The summed E-state index contributed by atoms with van der Waals surface area (Å²) >= 11 is 0. The molecule has 10 heteroatoms. The fraction of sp³-hybridized carbons (Fsp3) is 0.571. The molecule has 0 saturated carbocycles. The van der Waals surface area contributed by atoms with Crippen LogP contribution < -0.4 is 21.1 Å². The third-order valence-electron chi connectivity index (χ3n) is 3.64. The smallest absolute Gasteiger partial charge is 0.280 e. The molecule has 0 bridgehead atoms. The number of aliphatic hydroxyl groups is 2. The Hall–Kier alpha value is -1.55. The van der Waals surface area contributed by atoms with Crippen molar-refractivity contribution in [2.24, 2.45) is 7.05 Å². The Kier molecular flexibility index (Phi) is 7.74. The maximum atomic E-state index is 12.5. The highest BCUT2D eigenvalue weighted by atomic mass is 127. The Morgan fingerprint density at radius 1 is 1.42 bits per heavy atom. The van der Waals surface area contributed by atoms with Gasteiger partial charge in [0, 0.05) is 20.0 Å². The highest BCUT2D eigenvalue weighted by Gasteiger charge is 2.31. The van der Waals surface area contributed by atoms with Crippen LogP contribution in [0, 0.1) is 12.3 Å². The van der Waals surface area contributed by atoms with Crippen molar-refractivity contribution in [2.45, 2.75) is 12.5 Å². The zero-order valence-electron chi connectivity index (χ0n) is 13.4. The number of terminal acetylenes is 1. The molecule has 1 aliphatic rings. The Labute approximate surface area is 157 Å². The Morgan fingerprint density at radius 2 is 2.08 bits per heavy atom. The lowest BCUT2D eigenvalue weighted by Gasteiger charge is -2.22. The van der Waals surface area contributed by atoms with E-state index in [1.54, 1.807) is 11.9 Å². The molecule has 0 amide bonds. The molecule has 1 aromatic heterocycles. The van der Waals surface area contributed by atoms with Crippen LogP contribution in [0.3, 0.4) is 0 Å². The van der Waals surface area contributed by atoms with Gasteiger partial charge < -0.3 is 30.5 Å². The van der Waals surface area contributed by atoms with Crippen LogP contribution in [-0.2, 0) is 11.8 Å². The minimum absolute atomic E-state index is 0. The number of rotatable bonds is 7. The normalized spacial score (nSPS) is 13.0. The van der Waals surface area contributed by atoms with E-state index in [1.807, 2.05) is 4.90 Å². The van der Waals surface area contributed by atoms with Crippen LogP contribution in [0.1, 0.15) is 6.42 Å². The summed E-state index contributed by atoms with van der Waals surface area (Å²) < 4.78 is 6.69. The van der Waals surface area contributed by atoms with E-state index in [1.165, 1.54) is 4.57 Å². The van der Waals surface area contributed by atoms with Gasteiger partial charge in [-0.2, -0.15) is 4.98 Å². The number of aromatic nitrogens is 2. The molecular formula is C14H22IN5O4. The van der Waals surface area contributed by atoms with Gasteiger partial charge in [-0.1, -0.05) is 0 Å². The zero-order valence-corrected chi connectivity index (χ0v) is 15.7. The van der Waals surface area contributed by atoms with Crippen molar-refractivity contribution in [2.75, 3.05) is 48.7 Å². The number of nitrogens with zero attached hydrogens (tertiary/aromatic N) is 4. The Balaban J connectivity index is 0.00000288. The van der Waals surface area contributed by atoms with Gasteiger partial charge in [0.15, 0.2) is 5.82 Å². The maximum Gasteiger partial charge on any atom is 0.280 e. The van der Waals surface area contributed by atoms with Crippen LogP contribution in [-0.4, -0.2) is 59.0 Å². The van der Waals surface area contributed by atoms with Crippen molar-refractivity contribution in [3.8, 4) is 12.3 Å². The second-order valence-electron chi connectivity index (χ2n) is 5.19. The predicted molar refractivity (Wildman–Crippen MR) is 101 cm³/mol. The molecule has 2 rings (SSSR count). The molecule has 0 atom stereocenters. The summed E-state index contributed by atoms with van der Waals surface area (Å²) in [5.74, 6) is 3.05. The highest BCUT2D eigenvalue weighted by Crippen LogP contribution is 2.31. The van der Waals surface area contributed by atoms with Crippen LogP contribution in [0.25, 0.3) is 0 Å². The second kappa shape index (κ2) is 9.07. The number of ether oxygens (including phenoxy) is 1.